The quantitative estimate of drug-likeness (QED) is 0.733. The number of nitrogens with one attached hydrogen (secondary N) is 1. The van der Waals surface area contributed by atoms with Gasteiger partial charge in [0.2, 0.25) is 0 Å². The Hall–Kier alpha value is -2.30. The lowest BCUT2D eigenvalue weighted by molar-refractivity contribution is 0.0997. The van der Waals surface area contributed by atoms with Gasteiger partial charge in [-0.25, -0.2) is 0 Å². The molecule has 1 N–H and O–H groups in total. The Balaban J connectivity index is 2.03. The van der Waals surface area contributed by atoms with Crippen LogP contribution in [0.3, 0.4) is 0 Å². The maximum absolute atomic E-state index is 12.3. The van der Waals surface area contributed by atoms with E-state index in [4.69, 9.17) is 27.6 Å². The van der Waals surface area contributed by atoms with E-state index < -0.39 is 5.91 Å². The number of hydrogen-bond acceptors (Lipinski definition) is 3. The Morgan fingerprint density at radius 3 is 2.65 bits per heavy atom. The molecule has 6 heteroatoms. The molecule has 2 aromatic carbocycles. The molecule has 0 spiro atoms. The van der Waals surface area contributed by atoms with Gasteiger partial charge >= 0.3 is 0 Å². The Bertz CT molecular complexity index is 979. The highest BCUT2D eigenvalue weighted by molar-refractivity contribution is 6.44. The van der Waals surface area contributed by atoms with Crippen molar-refractivity contribution in [1.29, 1.82) is 0 Å². The highest BCUT2D eigenvalue weighted by atomic mass is 35.5. The zero-order valence-electron chi connectivity index (χ0n) is 12.0. The minimum atomic E-state index is -0.573. The lowest BCUT2D eigenvalue weighted by atomic mass is 10.1. The summed E-state index contributed by atoms with van der Waals surface area (Å²) in [6.07, 6.45) is 0. The summed E-state index contributed by atoms with van der Waals surface area (Å²) < 4.78 is 5.59. The summed E-state index contributed by atoms with van der Waals surface area (Å²) in [6.45, 7) is 1.81. The number of amides is 1. The van der Waals surface area contributed by atoms with Crippen LogP contribution < -0.4 is 10.7 Å². The van der Waals surface area contributed by atoms with E-state index in [0.717, 1.165) is 11.6 Å². The van der Waals surface area contributed by atoms with Gasteiger partial charge in [-0.05, 0) is 30.7 Å². The second kappa shape index (κ2) is 6.07. The van der Waals surface area contributed by atoms with Crippen molar-refractivity contribution in [1.82, 2.24) is 0 Å². The van der Waals surface area contributed by atoms with Crippen molar-refractivity contribution in [2.45, 2.75) is 6.92 Å². The highest BCUT2D eigenvalue weighted by Crippen LogP contribution is 2.30. The predicted octanol–water partition coefficient (Wildman–Crippen LogP) is 4.66. The molecule has 23 heavy (non-hydrogen) atoms. The van der Waals surface area contributed by atoms with E-state index in [1.165, 1.54) is 0 Å². The number of carbonyl (C=O) groups excluding carboxylic acids is 1. The number of halogens is 2. The molecule has 0 atom stereocenters. The lowest BCUT2D eigenvalue weighted by Crippen LogP contribution is -2.15. The third kappa shape index (κ3) is 2.96. The minimum absolute atomic E-state index is 0.0900. The molecule has 0 aliphatic rings. The van der Waals surface area contributed by atoms with E-state index in [1.807, 2.05) is 0 Å². The summed E-state index contributed by atoms with van der Waals surface area (Å²) in [6, 6.07) is 11.3. The molecule has 116 valence electrons. The number of hydrogen-bond donors (Lipinski definition) is 1. The Morgan fingerprint density at radius 2 is 1.87 bits per heavy atom. The fourth-order valence-electron chi connectivity index (χ4n) is 2.21. The van der Waals surface area contributed by atoms with Gasteiger partial charge in [0.25, 0.3) is 5.91 Å². The number of rotatable bonds is 2. The van der Waals surface area contributed by atoms with Crippen LogP contribution in [0.5, 0.6) is 0 Å². The Morgan fingerprint density at radius 1 is 1.13 bits per heavy atom. The van der Waals surface area contributed by atoms with Crippen molar-refractivity contribution in [2.24, 2.45) is 0 Å². The summed E-state index contributed by atoms with van der Waals surface area (Å²) in [5.74, 6) is -0.663. The molecular weight excluding hydrogens is 337 g/mol. The van der Waals surface area contributed by atoms with Crippen LogP contribution in [0.1, 0.15) is 16.1 Å². The van der Waals surface area contributed by atoms with Gasteiger partial charge in [0.05, 0.1) is 21.1 Å². The van der Waals surface area contributed by atoms with Crippen molar-refractivity contribution in [3.63, 3.8) is 0 Å². The highest BCUT2D eigenvalue weighted by Gasteiger charge is 2.15. The van der Waals surface area contributed by atoms with Crippen LogP contribution >= 0.6 is 23.2 Å². The Labute approximate surface area is 141 Å². The van der Waals surface area contributed by atoms with Crippen LogP contribution in [0.2, 0.25) is 10.0 Å². The molecule has 0 bridgehead atoms. The van der Waals surface area contributed by atoms with Crippen molar-refractivity contribution in [3.8, 4) is 0 Å². The van der Waals surface area contributed by atoms with Gasteiger partial charge in [-0.3, -0.25) is 9.59 Å². The summed E-state index contributed by atoms with van der Waals surface area (Å²) in [5, 5.41) is 3.57. The largest absolute Gasteiger partial charge is 0.450 e. The average Bonchev–Trinajstić information content (AvgIpc) is 2.52. The normalized spacial score (nSPS) is 10.7. The fourth-order valence-corrected chi connectivity index (χ4v) is 2.56. The van der Waals surface area contributed by atoms with E-state index in [9.17, 15) is 9.59 Å². The first kappa shape index (κ1) is 15.6. The average molecular weight is 348 g/mol. The van der Waals surface area contributed by atoms with Crippen molar-refractivity contribution in [3.05, 3.63) is 74.1 Å². The monoisotopic (exact) mass is 347 g/mol. The van der Waals surface area contributed by atoms with Crippen LogP contribution in [0.25, 0.3) is 11.0 Å². The molecule has 0 saturated carbocycles. The molecule has 1 heterocycles. The standard InChI is InChI=1S/C17H11Cl2NO3/c1-9-4-2-5-10-13(21)8-14(23-16(9)10)17(22)20-12-7-3-6-11(18)15(12)19/h2-8H,1H3,(H,20,22). The molecule has 0 unspecified atom stereocenters. The molecule has 0 saturated heterocycles. The van der Waals surface area contributed by atoms with Crippen LogP contribution in [-0.2, 0) is 0 Å². The SMILES string of the molecule is Cc1cccc2c(=O)cc(C(=O)Nc3cccc(Cl)c3Cl)oc12. The van der Waals surface area contributed by atoms with Gasteiger partial charge in [-0.15, -0.1) is 0 Å². The number of benzene rings is 2. The van der Waals surface area contributed by atoms with Gasteiger partial charge in [0.1, 0.15) is 5.58 Å². The third-order valence-corrected chi connectivity index (χ3v) is 4.19. The van der Waals surface area contributed by atoms with Crippen molar-refractivity contribution < 1.29 is 9.21 Å². The summed E-state index contributed by atoms with van der Waals surface area (Å²) >= 11 is 11.9. The number of aryl methyl sites for hydroxylation is 1. The van der Waals surface area contributed by atoms with Gasteiger partial charge in [-0.2, -0.15) is 0 Å². The van der Waals surface area contributed by atoms with Gasteiger partial charge in [-0.1, -0.05) is 41.4 Å². The number of carbonyl (C=O) groups is 1. The van der Waals surface area contributed by atoms with Crippen molar-refractivity contribution in [2.75, 3.05) is 5.32 Å². The molecule has 3 aromatic rings. The van der Waals surface area contributed by atoms with E-state index in [0.29, 0.717) is 21.7 Å². The Kier molecular flexibility index (Phi) is 4.11. The second-order valence-electron chi connectivity index (χ2n) is 4.98. The van der Waals surface area contributed by atoms with Gasteiger partial charge in [0.15, 0.2) is 11.2 Å². The zero-order valence-corrected chi connectivity index (χ0v) is 13.5. The summed E-state index contributed by atoms with van der Waals surface area (Å²) in [4.78, 5) is 24.5. The molecule has 1 aromatic heterocycles. The van der Waals surface area contributed by atoms with Gasteiger partial charge in [0, 0.05) is 6.07 Å². The molecular formula is C17H11Cl2NO3. The van der Waals surface area contributed by atoms with Crippen LogP contribution in [0.4, 0.5) is 5.69 Å². The summed E-state index contributed by atoms with van der Waals surface area (Å²) in [7, 11) is 0. The molecule has 4 nitrogen and oxygen atoms in total. The smallest absolute Gasteiger partial charge is 0.291 e. The van der Waals surface area contributed by atoms with Crippen LogP contribution in [-0.4, -0.2) is 5.91 Å². The maximum atomic E-state index is 12.3. The third-order valence-electron chi connectivity index (χ3n) is 3.38. The molecule has 1 amide bonds. The first-order valence-electron chi connectivity index (χ1n) is 6.76. The van der Waals surface area contributed by atoms with E-state index in [1.54, 1.807) is 43.3 Å². The number of para-hydroxylation sites is 1. The number of anilines is 1. The van der Waals surface area contributed by atoms with Crippen molar-refractivity contribution >= 4 is 45.8 Å². The molecule has 0 aliphatic carbocycles. The molecule has 0 radical (unpaired) electrons. The van der Waals surface area contributed by atoms with Gasteiger partial charge < -0.3 is 9.73 Å². The molecule has 0 fully saturated rings. The molecule has 3 rings (SSSR count). The minimum Gasteiger partial charge on any atom is -0.450 e. The fraction of sp³-hybridized carbons (Fsp3) is 0.0588. The van der Waals surface area contributed by atoms with E-state index >= 15 is 0 Å². The molecule has 0 aliphatic heterocycles. The first-order chi connectivity index (χ1) is 11.0. The van der Waals surface area contributed by atoms with E-state index in [-0.39, 0.29) is 16.2 Å². The maximum Gasteiger partial charge on any atom is 0.291 e. The second-order valence-corrected chi connectivity index (χ2v) is 5.77. The van der Waals surface area contributed by atoms with Crippen LogP contribution in [0.15, 0.2) is 51.7 Å². The lowest BCUT2D eigenvalue weighted by Gasteiger charge is -2.08. The predicted molar refractivity (Wildman–Crippen MR) is 91.6 cm³/mol. The van der Waals surface area contributed by atoms with Crippen LogP contribution in [0, 0.1) is 6.92 Å². The zero-order chi connectivity index (χ0) is 16.6. The van der Waals surface area contributed by atoms with E-state index in [2.05, 4.69) is 5.32 Å². The summed E-state index contributed by atoms with van der Waals surface area (Å²) in [5.41, 5.74) is 1.23. The first-order valence-corrected chi connectivity index (χ1v) is 7.52. The number of fused-ring (bicyclic) bond motifs is 1. The topological polar surface area (TPSA) is 59.3 Å².